The number of hydrogen-bond acceptors (Lipinski definition) is 5. The molecule has 3 rings (SSSR count). The summed E-state index contributed by atoms with van der Waals surface area (Å²) in [6.07, 6.45) is 0.0371. The first-order valence-electron chi connectivity index (χ1n) is 8.25. The van der Waals surface area contributed by atoms with Crippen LogP contribution in [0.5, 0.6) is 5.75 Å². The van der Waals surface area contributed by atoms with Crippen molar-refractivity contribution in [2.45, 2.75) is 18.2 Å². The average Bonchev–Trinajstić information content (AvgIpc) is 3.01. The summed E-state index contributed by atoms with van der Waals surface area (Å²) in [4.78, 5) is 28.8. The molecule has 0 unspecified atom stereocenters. The highest BCUT2D eigenvalue weighted by Crippen LogP contribution is 2.26. The molecule has 0 aliphatic carbocycles. The van der Waals surface area contributed by atoms with Crippen molar-refractivity contribution >= 4 is 46.0 Å². The van der Waals surface area contributed by atoms with E-state index in [9.17, 15) is 9.59 Å². The van der Waals surface area contributed by atoms with E-state index in [1.807, 2.05) is 24.3 Å². The number of benzene rings is 2. The fourth-order valence-electron chi connectivity index (χ4n) is 2.54. The van der Waals surface area contributed by atoms with Crippen LogP contribution in [0.25, 0.3) is 0 Å². The van der Waals surface area contributed by atoms with Gasteiger partial charge >= 0.3 is 0 Å². The number of carbonyl (C=O) groups excluding carboxylic acids is 2. The molecule has 1 aliphatic rings. The lowest BCUT2D eigenvalue weighted by atomic mass is 10.2. The van der Waals surface area contributed by atoms with Crippen LogP contribution >= 0.6 is 23.4 Å². The maximum Gasteiger partial charge on any atom is 0.240 e. The number of anilines is 1. The molecule has 1 saturated heterocycles. The molecular formula is C19H18ClN3O3S. The van der Waals surface area contributed by atoms with E-state index < -0.39 is 5.25 Å². The summed E-state index contributed by atoms with van der Waals surface area (Å²) in [6, 6.07) is 14.5. The standard InChI is InChI=1S/C19H18ClN3O3S/c1-26-15-9-5-2-6-12(15)11-21-19-23-18(25)16(27-19)10-17(24)22-14-8-4-3-7-13(14)20/h2-9,16H,10-11H2,1H3,(H,22,24)(H,21,23,25)/t16-/m0/s1. The Morgan fingerprint density at radius 1 is 1.26 bits per heavy atom. The molecule has 2 amide bonds. The first kappa shape index (κ1) is 19.3. The molecule has 6 nitrogen and oxygen atoms in total. The van der Waals surface area contributed by atoms with Gasteiger partial charge < -0.3 is 15.4 Å². The Bertz CT molecular complexity index is 888. The van der Waals surface area contributed by atoms with Gasteiger partial charge in [0.05, 0.1) is 24.4 Å². The van der Waals surface area contributed by atoms with Crippen molar-refractivity contribution in [2.24, 2.45) is 4.99 Å². The lowest BCUT2D eigenvalue weighted by Crippen LogP contribution is -2.28. The van der Waals surface area contributed by atoms with E-state index in [-0.39, 0.29) is 18.2 Å². The van der Waals surface area contributed by atoms with E-state index in [4.69, 9.17) is 16.3 Å². The molecule has 0 radical (unpaired) electrons. The Labute approximate surface area is 166 Å². The van der Waals surface area contributed by atoms with E-state index in [2.05, 4.69) is 15.6 Å². The Hall–Kier alpha value is -2.51. The number of amidine groups is 1. The van der Waals surface area contributed by atoms with Gasteiger partial charge in [-0.05, 0) is 18.2 Å². The lowest BCUT2D eigenvalue weighted by Gasteiger charge is -2.08. The molecule has 1 fully saturated rings. The second-order valence-corrected chi connectivity index (χ2v) is 7.36. The minimum atomic E-state index is -0.524. The van der Waals surface area contributed by atoms with Crippen LogP contribution in [-0.2, 0) is 16.1 Å². The number of methoxy groups -OCH3 is 1. The molecule has 140 valence electrons. The number of nitrogens with zero attached hydrogens (tertiary/aromatic N) is 1. The molecule has 1 atom stereocenters. The van der Waals surface area contributed by atoms with Crippen LogP contribution in [0, 0.1) is 0 Å². The van der Waals surface area contributed by atoms with E-state index >= 15 is 0 Å². The first-order chi connectivity index (χ1) is 13.1. The average molecular weight is 404 g/mol. The second-order valence-electron chi connectivity index (χ2n) is 5.76. The Kier molecular flexibility index (Phi) is 6.36. The molecule has 1 heterocycles. The topological polar surface area (TPSA) is 79.8 Å². The van der Waals surface area contributed by atoms with Gasteiger partial charge in [-0.3, -0.25) is 14.6 Å². The van der Waals surface area contributed by atoms with Gasteiger partial charge in [-0.1, -0.05) is 53.7 Å². The van der Waals surface area contributed by atoms with Crippen LogP contribution in [0.3, 0.4) is 0 Å². The quantitative estimate of drug-likeness (QED) is 0.774. The van der Waals surface area contributed by atoms with Crippen LogP contribution in [0.15, 0.2) is 53.5 Å². The maximum atomic E-state index is 12.2. The molecule has 0 spiro atoms. The predicted octanol–water partition coefficient (Wildman–Crippen LogP) is 3.47. The van der Waals surface area contributed by atoms with Crippen molar-refractivity contribution in [3.05, 3.63) is 59.1 Å². The zero-order chi connectivity index (χ0) is 19.2. The number of thioether (sulfide) groups is 1. The maximum absolute atomic E-state index is 12.2. The number of halogens is 1. The summed E-state index contributed by atoms with van der Waals surface area (Å²) in [5.74, 6) is 0.238. The van der Waals surface area contributed by atoms with Crippen LogP contribution in [0.4, 0.5) is 5.69 Å². The molecule has 2 aromatic rings. The molecule has 0 saturated carbocycles. The summed E-state index contributed by atoms with van der Waals surface area (Å²) in [5, 5.41) is 5.87. The number of amides is 2. The Morgan fingerprint density at radius 3 is 2.78 bits per heavy atom. The van der Waals surface area contributed by atoms with Crippen molar-refractivity contribution in [1.82, 2.24) is 5.32 Å². The van der Waals surface area contributed by atoms with Gasteiger partial charge in [-0.15, -0.1) is 0 Å². The van der Waals surface area contributed by atoms with Gasteiger partial charge in [0.1, 0.15) is 11.0 Å². The number of rotatable bonds is 6. The van der Waals surface area contributed by atoms with Gasteiger partial charge in [0.25, 0.3) is 0 Å². The number of hydrogen-bond donors (Lipinski definition) is 2. The lowest BCUT2D eigenvalue weighted by molar-refractivity contribution is -0.122. The summed E-state index contributed by atoms with van der Waals surface area (Å²) >= 11 is 7.28. The highest BCUT2D eigenvalue weighted by molar-refractivity contribution is 8.15. The third kappa shape index (κ3) is 5.02. The zero-order valence-corrected chi connectivity index (χ0v) is 16.1. The van der Waals surface area contributed by atoms with E-state index in [1.165, 1.54) is 11.8 Å². The second kappa shape index (κ2) is 8.92. The summed E-state index contributed by atoms with van der Waals surface area (Å²) < 4.78 is 5.29. The molecule has 0 aromatic heterocycles. The third-order valence-corrected chi connectivity index (χ3v) is 5.33. The van der Waals surface area contributed by atoms with Crippen LogP contribution < -0.4 is 15.4 Å². The fraction of sp³-hybridized carbons (Fsp3) is 0.211. The highest BCUT2D eigenvalue weighted by atomic mass is 35.5. The third-order valence-electron chi connectivity index (χ3n) is 3.88. The molecule has 8 heteroatoms. The Balaban J connectivity index is 1.58. The number of carbonyl (C=O) groups is 2. The van der Waals surface area contributed by atoms with E-state index in [1.54, 1.807) is 31.4 Å². The predicted molar refractivity (Wildman–Crippen MR) is 108 cm³/mol. The number of aliphatic imine (C=N–C) groups is 1. The summed E-state index contributed by atoms with van der Waals surface area (Å²) in [6.45, 7) is 0.380. The van der Waals surface area contributed by atoms with E-state index in [0.29, 0.717) is 22.4 Å². The van der Waals surface area contributed by atoms with Gasteiger partial charge in [-0.2, -0.15) is 0 Å². The number of ether oxygens (including phenoxy) is 1. The van der Waals surface area contributed by atoms with Gasteiger partial charge in [0, 0.05) is 12.0 Å². The molecule has 27 heavy (non-hydrogen) atoms. The van der Waals surface area contributed by atoms with Crippen molar-refractivity contribution in [3.8, 4) is 5.75 Å². The molecule has 0 bridgehead atoms. The number of para-hydroxylation sites is 2. The molecule has 2 aromatic carbocycles. The van der Waals surface area contributed by atoms with Crippen molar-refractivity contribution in [1.29, 1.82) is 0 Å². The summed E-state index contributed by atoms with van der Waals surface area (Å²) in [7, 11) is 1.60. The molecule has 2 N–H and O–H groups in total. The Morgan fingerprint density at radius 2 is 2.00 bits per heavy atom. The van der Waals surface area contributed by atoms with Crippen LogP contribution in [0.1, 0.15) is 12.0 Å². The molecular weight excluding hydrogens is 386 g/mol. The summed E-state index contributed by atoms with van der Waals surface area (Å²) in [5.41, 5.74) is 1.44. The van der Waals surface area contributed by atoms with Crippen molar-refractivity contribution < 1.29 is 14.3 Å². The first-order valence-corrected chi connectivity index (χ1v) is 9.51. The SMILES string of the molecule is COc1ccccc1CN=C1NC(=O)[C@H](CC(=O)Nc2ccccc2Cl)S1. The minimum absolute atomic E-state index is 0.0371. The smallest absolute Gasteiger partial charge is 0.240 e. The van der Waals surface area contributed by atoms with Crippen LogP contribution in [0.2, 0.25) is 5.02 Å². The normalized spacial score (nSPS) is 17.6. The van der Waals surface area contributed by atoms with E-state index in [0.717, 1.165) is 11.3 Å². The minimum Gasteiger partial charge on any atom is -0.496 e. The fourth-order valence-corrected chi connectivity index (χ4v) is 3.69. The number of nitrogens with one attached hydrogen (secondary N) is 2. The largest absolute Gasteiger partial charge is 0.496 e. The van der Waals surface area contributed by atoms with Gasteiger partial charge in [0.15, 0.2) is 5.17 Å². The van der Waals surface area contributed by atoms with Crippen molar-refractivity contribution in [2.75, 3.05) is 12.4 Å². The van der Waals surface area contributed by atoms with Crippen LogP contribution in [-0.4, -0.2) is 29.3 Å². The highest BCUT2D eigenvalue weighted by Gasteiger charge is 2.32. The monoisotopic (exact) mass is 403 g/mol. The van der Waals surface area contributed by atoms with Gasteiger partial charge in [0.2, 0.25) is 11.8 Å². The zero-order valence-electron chi connectivity index (χ0n) is 14.6. The van der Waals surface area contributed by atoms with Gasteiger partial charge in [-0.25, -0.2) is 0 Å². The molecule has 1 aliphatic heterocycles. The van der Waals surface area contributed by atoms with Crippen molar-refractivity contribution in [3.63, 3.8) is 0 Å².